The number of hydrogen-bond acceptors (Lipinski definition) is 5. The van der Waals surface area contributed by atoms with Crippen LogP contribution in [0.4, 0.5) is 5.82 Å². The van der Waals surface area contributed by atoms with E-state index in [0.717, 1.165) is 11.3 Å². The van der Waals surface area contributed by atoms with Gasteiger partial charge < -0.3 is 10.4 Å². The van der Waals surface area contributed by atoms with E-state index in [0.29, 0.717) is 18.8 Å². The molecule has 0 saturated carbocycles. The molecule has 0 unspecified atom stereocenters. The van der Waals surface area contributed by atoms with Gasteiger partial charge in [0.2, 0.25) is 0 Å². The molecule has 0 saturated heterocycles. The molecule has 2 rings (SSSR count). The number of rotatable bonds is 6. The smallest absolute Gasteiger partial charge is 0.303 e. The summed E-state index contributed by atoms with van der Waals surface area (Å²) in [6.45, 7) is 0.563. The van der Waals surface area contributed by atoms with Gasteiger partial charge in [0.1, 0.15) is 5.82 Å². The number of nitrogens with one attached hydrogen (secondary N) is 1. The van der Waals surface area contributed by atoms with Gasteiger partial charge in [-0.1, -0.05) is 0 Å². The zero-order chi connectivity index (χ0) is 13.5. The van der Waals surface area contributed by atoms with Gasteiger partial charge in [-0.25, -0.2) is 0 Å². The van der Waals surface area contributed by atoms with E-state index in [4.69, 9.17) is 5.11 Å². The Morgan fingerprint density at radius 2 is 2.16 bits per heavy atom. The first kappa shape index (κ1) is 12.9. The first-order valence-corrected chi connectivity index (χ1v) is 5.95. The lowest BCUT2D eigenvalue weighted by molar-refractivity contribution is -0.137. The van der Waals surface area contributed by atoms with E-state index in [-0.39, 0.29) is 6.42 Å². The third-order valence-electron chi connectivity index (χ3n) is 2.50. The van der Waals surface area contributed by atoms with E-state index >= 15 is 0 Å². The first-order valence-electron chi connectivity index (χ1n) is 5.95. The van der Waals surface area contributed by atoms with Crippen LogP contribution in [0.2, 0.25) is 0 Å². The summed E-state index contributed by atoms with van der Waals surface area (Å²) in [6, 6.07) is 7.42. The van der Waals surface area contributed by atoms with Crippen LogP contribution in [0.25, 0.3) is 11.3 Å². The van der Waals surface area contributed by atoms with Crippen molar-refractivity contribution in [1.82, 2.24) is 15.2 Å². The fourth-order valence-corrected chi connectivity index (χ4v) is 1.55. The summed E-state index contributed by atoms with van der Waals surface area (Å²) in [5.74, 6) is -0.155. The minimum absolute atomic E-state index is 0.147. The van der Waals surface area contributed by atoms with Crippen molar-refractivity contribution >= 4 is 11.8 Å². The monoisotopic (exact) mass is 258 g/mol. The molecule has 0 aliphatic heterocycles. The van der Waals surface area contributed by atoms with Gasteiger partial charge in [-0.05, 0) is 30.7 Å². The van der Waals surface area contributed by atoms with Crippen LogP contribution in [-0.4, -0.2) is 32.8 Å². The lowest BCUT2D eigenvalue weighted by Crippen LogP contribution is -2.06. The number of nitrogens with zero attached hydrogens (tertiary/aromatic N) is 3. The highest BCUT2D eigenvalue weighted by Gasteiger charge is 2.01. The molecular weight excluding hydrogens is 244 g/mol. The van der Waals surface area contributed by atoms with Crippen molar-refractivity contribution in [2.24, 2.45) is 0 Å². The SMILES string of the molecule is O=C(O)CCCNc1ccc(-c2cccnc2)nn1. The Morgan fingerprint density at radius 1 is 1.26 bits per heavy atom. The van der Waals surface area contributed by atoms with E-state index in [9.17, 15) is 4.79 Å². The normalized spacial score (nSPS) is 10.1. The molecule has 6 nitrogen and oxygen atoms in total. The van der Waals surface area contributed by atoms with Crippen molar-refractivity contribution in [3.05, 3.63) is 36.7 Å². The van der Waals surface area contributed by atoms with Gasteiger partial charge in [-0.15, -0.1) is 10.2 Å². The molecule has 0 spiro atoms. The lowest BCUT2D eigenvalue weighted by Gasteiger charge is -2.04. The van der Waals surface area contributed by atoms with Crippen LogP contribution in [0.5, 0.6) is 0 Å². The maximum Gasteiger partial charge on any atom is 0.303 e. The van der Waals surface area contributed by atoms with E-state index in [1.807, 2.05) is 24.3 Å². The van der Waals surface area contributed by atoms with Crippen molar-refractivity contribution in [3.8, 4) is 11.3 Å². The van der Waals surface area contributed by atoms with Crippen LogP contribution in [0, 0.1) is 0 Å². The fourth-order valence-electron chi connectivity index (χ4n) is 1.55. The average molecular weight is 258 g/mol. The van der Waals surface area contributed by atoms with Crippen LogP contribution < -0.4 is 5.32 Å². The maximum absolute atomic E-state index is 10.4. The van der Waals surface area contributed by atoms with Crippen molar-refractivity contribution < 1.29 is 9.90 Å². The molecule has 6 heteroatoms. The molecule has 0 amide bonds. The summed E-state index contributed by atoms with van der Waals surface area (Å²) in [4.78, 5) is 14.4. The number of anilines is 1. The highest BCUT2D eigenvalue weighted by atomic mass is 16.4. The number of aromatic nitrogens is 3. The van der Waals surface area contributed by atoms with Gasteiger partial charge in [0, 0.05) is 30.9 Å². The fraction of sp³-hybridized carbons (Fsp3) is 0.231. The van der Waals surface area contributed by atoms with E-state index in [2.05, 4.69) is 20.5 Å². The quantitative estimate of drug-likeness (QED) is 0.768. The van der Waals surface area contributed by atoms with Gasteiger partial charge in [-0.3, -0.25) is 9.78 Å². The summed E-state index contributed by atoms with van der Waals surface area (Å²) >= 11 is 0. The minimum Gasteiger partial charge on any atom is -0.481 e. The molecule has 2 heterocycles. The molecule has 98 valence electrons. The third kappa shape index (κ3) is 4.02. The van der Waals surface area contributed by atoms with E-state index in [1.54, 1.807) is 12.4 Å². The molecule has 0 radical (unpaired) electrons. The largest absolute Gasteiger partial charge is 0.481 e. The molecule has 0 atom stereocenters. The molecule has 19 heavy (non-hydrogen) atoms. The van der Waals surface area contributed by atoms with Gasteiger partial charge >= 0.3 is 5.97 Å². The van der Waals surface area contributed by atoms with Crippen molar-refractivity contribution in [2.45, 2.75) is 12.8 Å². The Balaban J connectivity index is 1.90. The van der Waals surface area contributed by atoms with E-state index in [1.165, 1.54) is 0 Å². The Kier molecular flexibility index (Phi) is 4.39. The van der Waals surface area contributed by atoms with Gasteiger partial charge in [0.05, 0.1) is 5.69 Å². The van der Waals surface area contributed by atoms with Crippen LogP contribution >= 0.6 is 0 Å². The summed E-state index contributed by atoms with van der Waals surface area (Å²) < 4.78 is 0. The van der Waals surface area contributed by atoms with Crippen molar-refractivity contribution in [2.75, 3.05) is 11.9 Å². The number of hydrogen-bond donors (Lipinski definition) is 2. The average Bonchev–Trinajstić information content (AvgIpc) is 2.45. The van der Waals surface area contributed by atoms with Crippen LogP contribution in [0.3, 0.4) is 0 Å². The summed E-state index contributed by atoms with van der Waals surface area (Å²) in [7, 11) is 0. The van der Waals surface area contributed by atoms with Gasteiger partial charge in [0.15, 0.2) is 0 Å². The third-order valence-corrected chi connectivity index (χ3v) is 2.50. The zero-order valence-electron chi connectivity index (χ0n) is 10.3. The van der Waals surface area contributed by atoms with Crippen LogP contribution in [0.1, 0.15) is 12.8 Å². The number of aliphatic carboxylic acids is 1. The predicted molar refractivity (Wildman–Crippen MR) is 70.6 cm³/mol. The summed E-state index contributed by atoms with van der Waals surface area (Å²) in [6.07, 6.45) is 4.13. The number of pyridine rings is 1. The second kappa shape index (κ2) is 6.44. The van der Waals surface area contributed by atoms with Crippen LogP contribution in [0.15, 0.2) is 36.7 Å². The minimum atomic E-state index is -0.792. The number of carboxylic acid groups (broad SMARTS) is 1. The van der Waals surface area contributed by atoms with Crippen LogP contribution in [-0.2, 0) is 4.79 Å². The number of carbonyl (C=O) groups is 1. The van der Waals surface area contributed by atoms with Crippen molar-refractivity contribution in [1.29, 1.82) is 0 Å². The first-order chi connectivity index (χ1) is 9.25. The lowest BCUT2D eigenvalue weighted by atomic mass is 10.2. The second-order valence-corrected chi connectivity index (χ2v) is 3.97. The predicted octanol–water partition coefficient (Wildman–Crippen LogP) is 1.82. The molecule has 2 aromatic heterocycles. The molecule has 0 bridgehead atoms. The molecule has 0 aliphatic rings. The molecule has 0 aliphatic carbocycles. The molecule has 0 fully saturated rings. The Hall–Kier alpha value is -2.50. The van der Waals surface area contributed by atoms with E-state index < -0.39 is 5.97 Å². The highest BCUT2D eigenvalue weighted by Crippen LogP contribution is 2.15. The molecule has 2 N–H and O–H groups in total. The van der Waals surface area contributed by atoms with Crippen molar-refractivity contribution in [3.63, 3.8) is 0 Å². The maximum atomic E-state index is 10.4. The Labute approximate surface area is 110 Å². The summed E-state index contributed by atoms with van der Waals surface area (Å²) in [5, 5.41) is 19.7. The molecular formula is C13H14N4O2. The van der Waals surface area contributed by atoms with Gasteiger partial charge in [0.25, 0.3) is 0 Å². The standard InChI is InChI=1S/C13H14N4O2/c18-13(19)4-2-8-15-12-6-5-11(16-17-12)10-3-1-7-14-9-10/h1,3,5-7,9H,2,4,8H2,(H,15,17)(H,18,19). The molecule has 0 aromatic carbocycles. The zero-order valence-corrected chi connectivity index (χ0v) is 10.3. The Morgan fingerprint density at radius 3 is 2.79 bits per heavy atom. The Bertz CT molecular complexity index is 528. The molecule has 2 aromatic rings. The second-order valence-electron chi connectivity index (χ2n) is 3.97. The topological polar surface area (TPSA) is 88.0 Å². The van der Waals surface area contributed by atoms with Gasteiger partial charge in [-0.2, -0.15) is 0 Å². The number of carboxylic acids is 1. The highest BCUT2D eigenvalue weighted by molar-refractivity contribution is 5.66. The summed E-state index contributed by atoms with van der Waals surface area (Å²) in [5.41, 5.74) is 1.66.